The van der Waals surface area contributed by atoms with Gasteiger partial charge in [0.15, 0.2) is 0 Å². The molecule has 0 radical (unpaired) electrons. The second-order valence-corrected chi connectivity index (χ2v) is 5.12. The Morgan fingerprint density at radius 1 is 1.31 bits per heavy atom. The number of aromatic nitrogens is 2. The first-order chi connectivity index (χ1) is 7.52. The molecular formula is C13H18N2O. The Morgan fingerprint density at radius 2 is 2.06 bits per heavy atom. The molecule has 2 aromatic rings. The van der Waals surface area contributed by atoms with E-state index in [1.165, 1.54) is 5.56 Å². The third kappa shape index (κ3) is 1.95. The van der Waals surface area contributed by atoms with Gasteiger partial charge in [-0.3, -0.25) is 0 Å². The van der Waals surface area contributed by atoms with Crippen molar-refractivity contribution in [2.75, 3.05) is 6.61 Å². The molecule has 0 amide bonds. The largest absolute Gasteiger partial charge is 0.395 e. The maximum absolute atomic E-state index is 8.93. The molecule has 2 rings (SSSR count). The van der Waals surface area contributed by atoms with Crippen LogP contribution in [0.2, 0.25) is 0 Å². The molecule has 86 valence electrons. The fraction of sp³-hybridized carbons (Fsp3) is 0.462. The molecule has 0 aliphatic rings. The van der Waals surface area contributed by atoms with Gasteiger partial charge in [-0.15, -0.1) is 0 Å². The standard InChI is InChI=1S/C13H18N2O/c1-13(2,3)10-4-5-12-11(8-10)14-9-15(12)6-7-16/h4-5,8-9,16H,6-7H2,1-3H3. The Balaban J connectivity index is 2.49. The van der Waals surface area contributed by atoms with Crippen LogP contribution in [0.25, 0.3) is 11.0 Å². The smallest absolute Gasteiger partial charge is 0.0959 e. The Labute approximate surface area is 95.7 Å². The second kappa shape index (κ2) is 3.91. The van der Waals surface area contributed by atoms with Crippen LogP contribution in [0.15, 0.2) is 24.5 Å². The Bertz CT molecular complexity index is 494. The van der Waals surface area contributed by atoms with Gasteiger partial charge in [-0.25, -0.2) is 4.98 Å². The number of aliphatic hydroxyl groups excluding tert-OH is 1. The predicted molar refractivity (Wildman–Crippen MR) is 65.5 cm³/mol. The lowest BCUT2D eigenvalue weighted by atomic mass is 9.87. The summed E-state index contributed by atoms with van der Waals surface area (Å²) in [7, 11) is 0. The maximum atomic E-state index is 8.93. The number of aliphatic hydroxyl groups is 1. The minimum atomic E-state index is 0.145. The van der Waals surface area contributed by atoms with Crippen molar-refractivity contribution in [1.82, 2.24) is 9.55 Å². The number of imidazole rings is 1. The average Bonchev–Trinajstić information content (AvgIpc) is 2.60. The number of fused-ring (bicyclic) bond motifs is 1. The third-order valence-electron chi connectivity index (χ3n) is 2.83. The lowest BCUT2D eigenvalue weighted by Crippen LogP contribution is -2.10. The molecule has 0 spiro atoms. The van der Waals surface area contributed by atoms with Crippen molar-refractivity contribution in [2.24, 2.45) is 0 Å². The number of benzene rings is 1. The highest BCUT2D eigenvalue weighted by Gasteiger charge is 2.14. The van der Waals surface area contributed by atoms with Gasteiger partial charge in [0.1, 0.15) is 0 Å². The van der Waals surface area contributed by atoms with E-state index >= 15 is 0 Å². The minimum absolute atomic E-state index is 0.145. The van der Waals surface area contributed by atoms with Crippen LogP contribution >= 0.6 is 0 Å². The highest BCUT2D eigenvalue weighted by atomic mass is 16.3. The summed E-state index contributed by atoms with van der Waals surface area (Å²) in [6.07, 6.45) is 1.79. The van der Waals surface area contributed by atoms with E-state index in [0.717, 1.165) is 11.0 Å². The summed E-state index contributed by atoms with van der Waals surface area (Å²) in [5.74, 6) is 0. The van der Waals surface area contributed by atoms with Crippen molar-refractivity contribution in [2.45, 2.75) is 32.7 Å². The third-order valence-corrected chi connectivity index (χ3v) is 2.83. The number of nitrogens with zero attached hydrogens (tertiary/aromatic N) is 2. The van der Waals surface area contributed by atoms with Crippen molar-refractivity contribution in [1.29, 1.82) is 0 Å². The van der Waals surface area contributed by atoms with Crippen molar-refractivity contribution in [3.63, 3.8) is 0 Å². The molecule has 0 saturated carbocycles. The van der Waals surface area contributed by atoms with Crippen LogP contribution in [-0.2, 0) is 12.0 Å². The molecule has 1 heterocycles. The van der Waals surface area contributed by atoms with E-state index in [1.54, 1.807) is 6.33 Å². The van der Waals surface area contributed by atoms with E-state index in [4.69, 9.17) is 5.11 Å². The van der Waals surface area contributed by atoms with E-state index in [1.807, 2.05) is 4.57 Å². The Morgan fingerprint density at radius 3 is 2.69 bits per heavy atom. The van der Waals surface area contributed by atoms with Gasteiger partial charge >= 0.3 is 0 Å². The quantitative estimate of drug-likeness (QED) is 0.840. The molecule has 0 atom stereocenters. The normalized spacial score (nSPS) is 12.2. The van der Waals surface area contributed by atoms with Gasteiger partial charge in [-0.1, -0.05) is 26.8 Å². The lowest BCUT2D eigenvalue weighted by molar-refractivity contribution is 0.278. The molecule has 0 unspecified atom stereocenters. The summed E-state index contributed by atoms with van der Waals surface area (Å²) in [5, 5.41) is 8.93. The van der Waals surface area contributed by atoms with E-state index in [2.05, 4.69) is 44.0 Å². The molecule has 0 bridgehead atoms. The summed E-state index contributed by atoms with van der Waals surface area (Å²) >= 11 is 0. The van der Waals surface area contributed by atoms with Gasteiger partial charge < -0.3 is 9.67 Å². The van der Waals surface area contributed by atoms with Gasteiger partial charge in [0.2, 0.25) is 0 Å². The Hall–Kier alpha value is -1.35. The molecule has 3 heteroatoms. The fourth-order valence-corrected chi connectivity index (χ4v) is 1.82. The van der Waals surface area contributed by atoms with Gasteiger partial charge in [0.05, 0.1) is 24.0 Å². The van der Waals surface area contributed by atoms with Gasteiger partial charge in [0, 0.05) is 6.54 Å². The minimum Gasteiger partial charge on any atom is -0.395 e. The molecular weight excluding hydrogens is 200 g/mol. The zero-order valence-electron chi connectivity index (χ0n) is 10.1. The van der Waals surface area contributed by atoms with Crippen LogP contribution in [0.4, 0.5) is 0 Å². The number of hydrogen-bond donors (Lipinski definition) is 1. The number of hydrogen-bond acceptors (Lipinski definition) is 2. The average molecular weight is 218 g/mol. The van der Waals surface area contributed by atoms with Crippen molar-refractivity contribution in [3.8, 4) is 0 Å². The van der Waals surface area contributed by atoms with E-state index < -0.39 is 0 Å². The van der Waals surface area contributed by atoms with Crippen LogP contribution in [0.5, 0.6) is 0 Å². The first kappa shape index (κ1) is 11.1. The molecule has 0 aliphatic heterocycles. The van der Waals surface area contributed by atoms with Crippen LogP contribution in [0, 0.1) is 0 Å². The van der Waals surface area contributed by atoms with E-state index in [9.17, 15) is 0 Å². The first-order valence-corrected chi connectivity index (χ1v) is 5.58. The molecule has 16 heavy (non-hydrogen) atoms. The monoisotopic (exact) mass is 218 g/mol. The molecule has 1 N–H and O–H groups in total. The topological polar surface area (TPSA) is 38.0 Å². The first-order valence-electron chi connectivity index (χ1n) is 5.58. The zero-order valence-corrected chi connectivity index (χ0v) is 10.1. The summed E-state index contributed by atoms with van der Waals surface area (Å²) in [6.45, 7) is 7.33. The maximum Gasteiger partial charge on any atom is 0.0959 e. The fourth-order valence-electron chi connectivity index (χ4n) is 1.82. The van der Waals surface area contributed by atoms with Gasteiger partial charge in [-0.2, -0.15) is 0 Å². The molecule has 0 aliphatic carbocycles. The second-order valence-electron chi connectivity index (χ2n) is 5.12. The van der Waals surface area contributed by atoms with Crippen LogP contribution in [0.1, 0.15) is 26.3 Å². The van der Waals surface area contributed by atoms with Crippen LogP contribution in [-0.4, -0.2) is 21.3 Å². The van der Waals surface area contributed by atoms with Gasteiger partial charge in [0.25, 0.3) is 0 Å². The highest BCUT2D eigenvalue weighted by Crippen LogP contribution is 2.25. The molecule has 0 saturated heterocycles. The molecule has 0 fully saturated rings. The Kier molecular flexibility index (Phi) is 2.72. The summed E-state index contributed by atoms with van der Waals surface area (Å²) in [5.41, 5.74) is 3.52. The van der Waals surface area contributed by atoms with E-state index in [0.29, 0.717) is 6.54 Å². The SMILES string of the molecule is CC(C)(C)c1ccc2c(c1)ncn2CCO. The van der Waals surface area contributed by atoms with Crippen molar-refractivity contribution >= 4 is 11.0 Å². The van der Waals surface area contributed by atoms with Crippen molar-refractivity contribution < 1.29 is 5.11 Å². The molecule has 1 aromatic heterocycles. The van der Waals surface area contributed by atoms with Crippen LogP contribution < -0.4 is 0 Å². The predicted octanol–water partition coefficient (Wildman–Crippen LogP) is 2.33. The van der Waals surface area contributed by atoms with E-state index in [-0.39, 0.29) is 12.0 Å². The van der Waals surface area contributed by atoms with Gasteiger partial charge in [-0.05, 0) is 23.1 Å². The molecule has 1 aromatic carbocycles. The zero-order chi connectivity index (χ0) is 11.8. The summed E-state index contributed by atoms with van der Waals surface area (Å²) in [4.78, 5) is 4.36. The molecule has 3 nitrogen and oxygen atoms in total. The van der Waals surface area contributed by atoms with Crippen LogP contribution in [0.3, 0.4) is 0 Å². The lowest BCUT2D eigenvalue weighted by Gasteiger charge is -2.18. The summed E-state index contributed by atoms with van der Waals surface area (Å²) < 4.78 is 1.97. The summed E-state index contributed by atoms with van der Waals surface area (Å²) in [6, 6.07) is 6.35. The highest BCUT2D eigenvalue weighted by molar-refractivity contribution is 5.76. The van der Waals surface area contributed by atoms with Crippen molar-refractivity contribution in [3.05, 3.63) is 30.1 Å². The number of rotatable bonds is 2.